The predicted molar refractivity (Wildman–Crippen MR) is 92.5 cm³/mol. The molecule has 0 aliphatic carbocycles. The fourth-order valence-electron chi connectivity index (χ4n) is 2.14. The van der Waals surface area contributed by atoms with Crippen LogP contribution in [0.25, 0.3) is 0 Å². The average Bonchev–Trinajstić information content (AvgIpc) is 2.93. The van der Waals surface area contributed by atoms with Gasteiger partial charge in [-0.15, -0.1) is 11.8 Å². The molecule has 1 N–H and O–H groups in total. The van der Waals surface area contributed by atoms with E-state index in [1.54, 1.807) is 32.0 Å². The van der Waals surface area contributed by atoms with E-state index in [0.717, 1.165) is 12.8 Å². The highest BCUT2D eigenvalue weighted by Crippen LogP contribution is 2.36. The summed E-state index contributed by atoms with van der Waals surface area (Å²) in [6, 6.07) is 5.10. The van der Waals surface area contributed by atoms with Crippen LogP contribution in [0.4, 0.5) is 0 Å². The molecule has 0 spiro atoms. The first kappa shape index (κ1) is 17.7. The third-order valence-electron chi connectivity index (χ3n) is 3.52. The van der Waals surface area contributed by atoms with Crippen molar-refractivity contribution in [1.29, 1.82) is 0 Å². The summed E-state index contributed by atoms with van der Waals surface area (Å²) in [5.41, 5.74) is -0.307. The van der Waals surface area contributed by atoms with Crippen LogP contribution in [0.2, 0.25) is 0 Å². The molecule has 0 amide bonds. The van der Waals surface area contributed by atoms with E-state index in [2.05, 4.69) is 11.9 Å². The maximum Gasteiger partial charge on any atom is 0.334 e. The summed E-state index contributed by atoms with van der Waals surface area (Å²) in [7, 11) is 0. The molecule has 0 saturated heterocycles. The molecular weight excluding hydrogens is 314 g/mol. The molecule has 0 fully saturated rings. The summed E-state index contributed by atoms with van der Waals surface area (Å²) in [5.74, 6) is 0.991. The van der Waals surface area contributed by atoms with Crippen molar-refractivity contribution in [1.82, 2.24) is 0 Å². The number of nitrogens with zero attached hydrogens (tertiary/aromatic N) is 1. The van der Waals surface area contributed by atoms with Gasteiger partial charge in [-0.2, -0.15) is 0 Å². The van der Waals surface area contributed by atoms with E-state index in [4.69, 9.17) is 9.47 Å². The van der Waals surface area contributed by atoms with Crippen molar-refractivity contribution in [3.05, 3.63) is 23.8 Å². The highest BCUT2D eigenvalue weighted by Gasteiger charge is 2.40. The van der Waals surface area contributed by atoms with Gasteiger partial charge in [0.05, 0.1) is 18.8 Å². The van der Waals surface area contributed by atoms with Crippen molar-refractivity contribution in [3.8, 4) is 11.5 Å². The van der Waals surface area contributed by atoms with Crippen LogP contribution in [-0.2, 0) is 9.53 Å². The van der Waals surface area contributed by atoms with Crippen LogP contribution in [-0.4, -0.2) is 40.6 Å². The Morgan fingerprint density at radius 3 is 2.91 bits per heavy atom. The lowest BCUT2D eigenvalue weighted by molar-refractivity contribution is -0.147. The number of phenols is 1. The van der Waals surface area contributed by atoms with Crippen LogP contribution in [0.15, 0.2) is 23.2 Å². The zero-order valence-electron chi connectivity index (χ0n) is 13.8. The fraction of sp³-hybridized carbons (Fsp3) is 0.529. The van der Waals surface area contributed by atoms with E-state index in [1.165, 1.54) is 11.8 Å². The van der Waals surface area contributed by atoms with Crippen molar-refractivity contribution < 1.29 is 19.4 Å². The number of hydrogen-bond donors (Lipinski definition) is 1. The topological polar surface area (TPSA) is 68.1 Å². The van der Waals surface area contributed by atoms with E-state index >= 15 is 0 Å². The standard InChI is InChI=1S/C17H23NO4S/c1-4-6-9-22-12-7-8-14(19)13(10-12)15-18-17(3,11-23-15)16(20)21-5-2/h7-8,10,19H,4-6,9,11H2,1-3H3/t17-/m1/s1. The molecule has 1 aliphatic heterocycles. The lowest BCUT2D eigenvalue weighted by Crippen LogP contribution is -2.35. The van der Waals surface area contributed by atoms with Crippen molar-refractivity contribution in [2.45, 2.75) is 39.2 Å². The number of benzene rings is 1. The Bertz CT molecular complexity index is 602. The van der Waals surface area contributed by atoms with Crippen LogP contribution in [0.3, 0.4) is 0 Å². The molecule has 0 unspecified atom stereocenters. The molecule has 6 heteroatoms. The Morgan fingerprint density at radius 1 is 1.43 bits per heavy atom. The number of rotatable bonds is 7. The van der Waals surface area contributed by atoms with Crippen LogP contribution >= 0.6 is 11.8 Å². The summed E-state index contributed by atoms with van der Waals surface area (Å²) in [5, 5.41) is 10.8. The molecule has 23 heavy (non-hydrogen) atoms. The second-order valence-corrected chi connectivity index (χ2v) is 6.54. The van der Waals surface area contributed by atoms with Crippen molar-refractivity contribution in [2.75, 3.05) is 19.0 Å². The summed E-state index contributed by atoms with van der Waals surface area (Å²) in [6.07, 6.45) is 2.04. The van der Waals surface area contributed by atoms with Crippen molar-refractivity contribution in [3.63, 3.8) is 0 Å². The Hall–Kier alpha value is -1.69. The maximum atomic E-state index is 12.0. The van der Waals surface area contributed by atoms with Crippen LogP contribution in [0, 0.1) is 0 Å². The number of carbonyl (C=O) groups is 1. The molecule has 5 nitrogen and oxygen atoms in total. The first-order valence-electron chi connectivity index (χ1n) is 7.86. The molecule has 1 heterocycles. The smallest absolute Gasteiger partial charge is 0.334 e. The van der Waals surface area contributed by atoms with Gasteiger partial charge in [0.1, 0.15) is 16.5 Å². The average molecular weight is 337 g/mol. The van der Waals surface area contributed by atoms with Gasteiger partial charge < -0.3 is 14.6 Å². The second kappa shape index (κ2) is 7.73. The number of aromatic hydroxyl groups is 1. The SMILES string of the molecule is CCCCOc1ccc(O)c(C2=N[C@@](C)(C(=O)OCC)CS2)c1. The van der Waals surface area contributed by atoms with Crippen molar-refractivity contribution >= 4 is 22.8 Å². The molecule has 1 aromatic carbocycles. The van der Waals surface area contributed by atoms with E-state index in [-0.39, 0.29) is 11.7 Å². The minimum absolute atomic E-state index is 0.132. The van der Waals surface area contributed by atoms with Crippen LogP contribution in [0.5, 0.6) is 11.5 Å². The van der Waals surface area contributed by atoms with E-state index < -0.39 is 5.54 Å². The number of phenolic OH excluding ortho intramolecular Hbond substituents is 1. The summed E-state index contributed by atoms with van der Waals surface area (Å²) < 4.78 is 10.8. The number of thioether (sulfide) groups is 1. The lowest BCUT2D eigenvalue weighted by Gasteiger charge is -2.16. The maximum absolute atomic E-state index is 12.0. The summed E-state index contributed by atoms with van der Waals surface area (Å²) in [6.45, 7) is 6.60. The predicted octanol–water partition coefficient (Wildman–Crippen LogP) is 3.39. The van der Waals surface area contributed by atoms with E-state index in [9.17, 15) is 9.90 Å². The van der Waals surface area contributed by atoms with Gasteiger partial charge in [-0.3, -0.25) is 4.99 Å². The normalized spacial score (nSPS) is 20.2. The number of unbranched alkanes of at least 4 members (excludes halogenated alkanes) is 1. The number of hydrogen-bond acceptors (Lipinski definition) is 6. The molecular formula is C17H23NO4S. The number of esters is 1. The highest BCUT2D eigenvalue weighted by molar-refractivity contribution is 8.14. The molecule has 126 valence electrons. The molecule has 0 saturated carbocycles. The number of ether oxygens (including phenoxy) is 2. The Morgan fingerprint density at radius 2 is 2.22 bits per heavy atom. The van der Waals surface area contributed by atoms with E-state index in [1.807, 2.05) is 0 Å². The zero-order chi connectivity index (χ0) is 16.9. The fourth-order valence-corrected chi connectivity index (χ4v) is 3.32. The van der Waals surface area contributed by atoms with Crippen molar-refractivity contribution in [2.24, 2.45) is 4.99 Å². The first-order valence-corrected chi connectivity index (χ1v) is 8.84. The Kier molecular flexibility index (Phi) is 5.93. The Labute approximate surface area is 141 Å². The van der Waals surface area contributed by atoms with Gasteiger partial charge in [-0.25, -0.2) is 4.79 Å². The molecule has 1 aliphatic rings. The number of carbonyl (C=O) groups excluding carboxylic acids is 1. The monoisotopic (exact) mass is 337 g/mol. The molecule has 0 radical (unpaired) electrons. The zero-order valence-corrected chi connectivity index (χ0v) is 14.6. The largest absolute Gasteiger partial charge is 0.507 e. The first-order chi connectivity index (χ1) is 11.0. The third-order valence-corrected chi connectivity index (χ3v) is 4.81. The van der Waals surface area contributed by atoms with Gasteiger partial charge in [0.25, 0.3) is 0 Å². The lowest BCUT2D eigenvalue weighted by atomic mass is 10.1. The quantitative estimate of drug-likeness (QED) is 0.610. The van der Waals surface area contributed by atoms with Gasteiger partial charge in [-0.05, 0) is 38.5 Å². The molecule has 1 aromatic rings. The Balaban J connectivity index is 2.21. The molecule has 0 bridgehead atoms. The van der Waals surface area contributed by atoms with Gasteiger partial charge in [0.15, 0.2) is 5.54 Å². The minimum Gasteiger partial charge on any atom is -0.507 e. The van der Waals surface area contributed by atoms with Gasteiger partial charge in [0, 0.05) is 5.75 Å². The number of aliphatic imine (C=N–C) groups is 1. The molecule has 0 aromatic heterocycles. The minimum atomic E-state index is -0.901. The molecule has 1 atom stereocenters. The van der Waals surface area contributed by atoms with Crippen LogP contribution in [0.1, 0.15) is 39.2 Å². The van der Waals surface area contributed by atoms with Gasteiger partial charge >= 0.3 is 5.97 Å². The summed E-state index contributed by atoms with van der Waals surface area (Å²) in [4.78, 5) is 16.5. The van der Waals surface area contributed by atoms with E-state index in [0.29, 0.717) is 35.3 Å². The second-order valence-electron chi connectivity index (χ2n) is 5.58. The van der Waals surface area contributed by atoms with Gasteiger partial charge in [0.2, 0.25) is 0 Å². The molecule has 2 rings (SSSR count). The highest BCUT2D eigenvalue weighted by atomic mass is 32.2. The van der Waals surface area contributed by atoms with Crippen LogP contribution < -0.4 is 4.74 Å². The van der Waals surface area contributed by atoms with Gasteiger partial charge in [-0.1, -0.05) is 13.3 Å². The summed E-state index contributed by atoms with van der Waals surface area (Å²) >= 11 is 1.44. The third kappa shape index (κ3) is 4.19.